The van der Waals surface area contributed by atoms with E-state index in [0.717, 1.165) is 6.07 Å². The minimum absolute atomic E-state index is 0.128. The van der Waals surface area contributed by atoms with Crippen LogP contribution in [0.3, 0.4) is 0 Å². The Bertz CT molecular complexity index is 374. The van der Waals surface area contributed by atoms with Crippen LogP contribution in [0.5, 0.6) is 0 Å². The first-order valence-corrected chi connectivity index (χ1v) is 3.91. The van der Waals surface area contributed by atoms with E-state index in [9.17, 15) is 20.2 Å². The monoisotopic (exact) mass is 212 g/mol. The summed E-state index contributed by atoms with van der Waals surface area (Å²) in [6.45, 7) is 0.128. The molecular weight excluding hydrogens is 204 g/mol. The number of benzene rings is 1. The van der Waals surface area contributed by atoms with Crippen LogP contribution < -0.4 is 11.3 Å². The second-order valence-corrected chi connectivity index (χ2v) is 2.75. The van der Waals surface area contributed by atoms with Crippen molar-refractivity contribution >= 4 is 11.4 Å². The molecule has 0 heterocycles. The maximum Gasteiger partial charge on any atom is 0.276 e. The summed E-state index contributed by atoms with van der Waals surface area (Å²) in [5.41, 5.74) is 2.01. The van der Waals surface area contributed by atoms with Crippen molar-refractivity contribution in [2.75, 3.05) is 0 Å². The summed E-state index contributed by atoms with van der Waals surface area (Å²) in [7, 11) is 0. The molecule has 80 valence electrons. The summed E-state index contributed by atoms with van der Waals surface area (Å²) >= 11 is 0. The van der Waals surface area contributed by atoms with Crippen molar-refractivity contribution in [1.29, 1.82) is 0 Å². The minimum atomic E-state index is -0.687. The van der Waals surface area contributed by atoms with E-state index in [0.29, 0.717) is 5.56 Å². The summed E-state index contributed by atoms with van der Waals surface area (Å²) in [4.78, 5) is 19.6. The number of hydrogen-bond acceptors (Lipinski definition) is 6. The molecule has 0 radical (unpaired) electrons. The van der Waals surface area contributed by atoms with Gasteiger partial charge in [-0.2, -0.15) is 0 Å². The zero-order valence-electron chi connectivity index (χ0n) is 7.54. The van der Waals surface area contributed by atoms with Crippen molar-refractivity contribution in [2.24, 2.45) is 5.84 Å². The summed E-state index contributed by atoms with van der Waals surface area (Å²) in [6, 6.07) is 3.36. The molecule has 0 saturated heterocycles. The van der Waals surface area contributed by atoms with Crippen LogP contribution in [0.2, 0.25) is 0 Å². The lowest BCUT2D eigenvalue weighted by Crippen LogP contribution is -2.20. The van der Waals surface area contributed by atoms with Crippen molar-refractivity contribution in [1.82, 2.24) is 5.43 Å². The standard InChI is InChI=1S/C7H8N4O4/c8-9-4-5-1-6(10(12)13)3-7(2-5)11(14)15/h1-3,9H,4,8H2. The molecule has 0 fully saturated rings. The highest BCUT2D eigenvalue weighted by atomic mass is 16.6. The van der Waals surface area contributed by atoms with Gasteiger partial charge >= 0.3 is 0 Å². The highest BCUT2D eigenvalue weighted by Gasteiger charge is 2.15. The fourth-order valence-electron chi connectivity index (χ4n) is 1.09. The molecule has 8 nitrogen and oxygen atoms in total. The van der Waals surface area contributed by atoms with Gasteiger partial charge in [-0.25, -0.2) is 0 Å². The molecule has 0 bridgehead atoms. The van der Waals surface area contributed by atoms with Crippen molar-refractivity contribution < 1.29 is 9.85 Å². The molecule has 0 spiro atoms. The van der Waals surface area contributed by atoms with Gasteiger partial charge in [-0.15, -0.1) is 0 Å². The molecule has 0 aliphatic heterocycles. The van der Waals surface area contributed by atoms with Crippen LogP contribution in [0, 0.1) is 20.2 Å². The Labute approximate surface area is 84.0 Å². The van der Waals surface area contributed by atoms with Crippen molar-refractivity contribution in [2.45, 2.75) is 6.54 Å². The van der Waals surface area contributed by atoms with E-state index in [2.05, 4.69) is 5.43 Å². The van der Waals surface area contributed by atoms with E-state index >= 15 is 0 Å². The van der Waals surface area contributed by atoms with Gasteiger partial charge in [-0.05, 0) is 5.56 Å². The molecule has 1 aromatic rings. The van der Waals surface area contributed by atoms with Gasteiger partial charge in [0, 0.05) is 18.7 Å². The maximum atomic E-state index is 10.5. The Balaban J connectivity index is 3.19. The average molecular weight is 212 g/mol. The van der Waals surface area contributed by atoms with Crippen molar-refractivity contribution in [3.05, 3.63) is 44.0 Å². The van der Waals surface area contributed by atoms with Crippen molar-refractivity contribution in [3.63, 3.8) is 0 Å². The van der Waals surface area contributed by atoms with Crippen LogP contribution in [0.25, 0.3) is 0 Å². The van der Waals surface area contributed by atoms with Crippen LogP contribution in [-0.2, 0) is 6.54 Å². The van der Waals surface area contributed by atoms with E-state index in [-0.39, 0.29) is 17.9 Å². The van der Waals surface area contributed by atoms with Crippen LogP contribution in [-0.4, -0.2) is 9.85 Å². The lowest BCUT2D eigenvalue weighted by Gasteiger charge is -2.00. The molecule has 3 N–H and O–H groups in total. The Morgan fingerprint density at radius 3 is 1.93 bits per heavy atom. The molecule has 1 rings (SSSR count). The van der Waals surface area contributed by atoms with Gasteiger partial charge in [0.05, 0.1) is 15.9 Å². The Kier molecular flexibility index (Phi) is 3.26. The lowest BCUT2D eigenvalue weighted by molar-refractivity contribution is -0.394. The second kappa shape index (κ2) is 4.44. The Morgan fingerprint density at radius 1 is 1.13 bits per heavy atom. The summed E-state index contributed by atoms with van der Waals surface area (Å²) in [5.74, 6) is 5.02. The largest absolute Gasteiger partial charge is 0.276 e. The van der Waals surface area contributed by atoms with Gasteiger partial charge < -0.3 is 0 Å². The molecule has 0 atom stereocenters. The first-order valence-electron chi connectivity index (χ1n) is 3.91. The van der Waals surface area contributed by atoms with Gasteiger partial charge in [0.2, 0.25) is 0 Å². The molecule has 1 aromatic carbocycles. The highest BCUT2D eigenvalue weighted by Crippen LogP contribution is 2.22. The van der Waals surface area contributed by atoms with Gasteiger partial charge in [-0.1, -0.05) is 0 Å². The number of nitro benzene ring substituents is 2. The summed E-state index contributed by atoms with van der Waals surface area (Å²) in [5, 5.41) is 20.9. The minimum Gasteiger partial charge on any atom is -0.271 e. The third kappa shape index (κ3) is 2.69. The number of non-ortho nitro benzene ring substituents is 2. The van der Waals surface area contributed by atoms with Crippen LogP contribution in [0.4, 0.5) is 11.4 Å². The van der Waals surface area contributed by atoms with Gasteiger partial charge in [0.1, 0.15) is 0 Å². The molecule has 0 unspecified atom stereocenters. The first kappa shape index (κ1) is 11.0. The number of rotatable bonds is 4. The third-order valence-corrected chi connectivity index (χ3v) is 1.69. The lowest BCUT2D eigenvalue weighted by atomic mass is 10.2. The Hall–Kier alpha value is -2.06. The summed E-state index contributed by atoms with van der Waals surface area (Å²) in [6.07, 6.45) is 0. The fraction of sp³-hybridized carbons (Fsp3) is 0.143. The van der Waals surface area contributed by atoms with E-state index < -0.39 is 9.85 Å². The van der Waals surface area contributed by atoms with E-state index in [1.807, 2.05) is 0 Å². The van der Waals surface area contributed by atoms with Crippen LogP contribution in [0.15, 0.2) is 18.2 Å². The topological polar surface area (TPSA) is 124 Å². The smallest absolute Gasteiger partial charge is 0.271 e. The molecule has 0 amide bonds. The SMILES string of the molecule is NNCc1cc([N+](=O)[O-])cc([N+](=O)[O-])c1. The highest BCUT2D eigenvalue weighted by molar-refractivity contribution is 5.46. The quantitative estimate of drug-likeness (QED) is 0.424. The van der Waals surface area contributed by atoms with E-state index in [1.54, 1.807) is 0 Å². The van der Waals surface area contributed by atoms with E-state index in [4.69, 9.17) is 5.84 Å². The number of hydrogen-bond donors (Lipinski definition) is 2. The second-order valence-electron chi connectivity index (χ2n) is 2.75. The number of nitrogens with two attached hydrogens (primary N) is 1. The molecular formula is C7H8N4O4. The predicted octanol–water partition coefficient (Wildman–Crippen LogP) is 0.466. The number of nitrogens with one attached hydrogen (secondary N) is 1. The first-order chi connectivity index (χ1) is 7.04. The number of nitro groups is 2. The third-order valence-electron chi connectivity index (χ3n) is 1.69. The molecule has 0 saturated carbocycles. The predicted molar refractivity (Wildman–Crippen MR) is 50.8 cm³/mol. The fourth-order valence-corrected chi connectivity index (χ4v) is 1.09. The van der Waals surface area contributed by atoms with E-state index in [1.165, 1.54) is 12.1 Å². The zero-order chi connectivity index (χ0) is 11.4. The normalized spacial score (nSPS) is 9.93. The van der Waals surface area contributed by atoms with Crippen molar-refractivity contribution in [3.8, 4) is 0 Å². The number of nitrogens with zero attached hydrogens (tertiary/aromatic N) is 2. The van der Waals surface area contributed by atoms with Crippen LogP contribution in [0.1, 0.15) is 5.56 Å². The zero-order valence-corrected chi connectivity index (χ0v) is 7.54. The molecule has 0 aliphatic carbocycles. The molecule has 8 heteroatoms. The molecule has 0 aromatic heterocycles. The van der Waals surface area contributed by atoms with Gasteiger partial charge in [0.15, 0.2) is 0 Å². The molecule has 15 heavy (non-hydrogen) atoms. The Morgan fingerprint density at radius 2 is 1.60 bits per heavy atom. The maximum absolute atomic E-state index is 10.5. The molecule has 0 aliphatic rings. The number of hydrazine groups is 1. The average Bonchev–Trinajstić information content (AvgIpc) is 2.17. The summed E-state index contributed by atoms with van der Waals surface area (Å²) < 4.78 is 0. The van der Waals surface area contributed by atoms with Gasteiger partial charge in [0.25, 0.3) is 11.4 Å². The van der Waals surface area contributed by atoms with Gasteiger partial charge in [-0.3, -0.25) is 31.5 Å². The van der Waals surface area contributed by atoms with Crippen LogP contribution >= 0.6 is 0 Å².